The van der Waals surface area contributed by atoms with Crippen molar-refractivity contribution in [3.05, 3.63) is 99.5 Å². The molecule has 1 fully saturated rings. The van der Waals surface area contributed by atoms with E-state index in [1.807, 2.05) is 13.8 Å². The standard InChI is InChI=1S/C30H28F4N6O/c1-4-23-17-39(26-13-27(41)38(3)25-12-10-22(14-35)37-28(25)26)18(2)16-40(23)29(19-5-8-21(31)9-6-19)24-11-7-20(15-36-24)30(32,33)34/h5-13,15,18,23,29H,4,16-17H2,1-3H3/t18-,23+,29?/m0/s1. The Bertz CT molecular complexity index is 1660. The van der Waals surface area contributed by atoms with Crippen LogP contribution in [0.1, 0.15) is 48.8 Å². The SMILES string of the molecule is CC[C@@H]1CN(c2cc(=O)n(C)c3ccc(C#N)nc23)[C@@H](C)CN1C(c1ccc(F)cc1)c1ccc(C(F)(F)F)cn1. The molecule has 11 heteroatoms. The van der Waals surface area contributed by atoms with Gasteiger partial charge in [-0.1, -0.05) is 19.1 Å². The quantitative estimate of drug-likeness (QED) is 0.301. The number of pyridine rings is 3. The molecule has 3 aromatic heterocycles. The van der Waals surface area contributed by atoms with Gasteiger partial charge in [-0.15, -0.1) is 0 Å². The summed E-state index contributed by atoms with van der Waals surface area (Å²) in [5.74, 6) is -0.417. The topological polar surface area (TPSA) is 78.0 Å². The van der Waals surface area contributed by atoms with Crippen LogP contribution >= 0.6 is 0 Å². The maximum atomic E-state index is 13.9. The van der Waals surface area contributed by atoms with E-state index in [0.717, 1.165) is 12.3 Å². The summed E-state index contributed by atoms with van der Waals surface area (Å²) in [5.41, 5.74) is 2.08. The van der Waals surface area contributed by atoms with Crippen LogP contribution in [0.5, 0.6) is 0 Å². The molecule has 0 N–H and O–H groups in total. The monoisotopic (exact) mass is 564 g/mol. The Morgan fingerprint density at radius 3 is 2.44 bits per heavy atom. The van der Waals surface area contributed by atoms with Crippen LogP contribution < -0.4 is 10.5 Å². The lowest BCUT2D eigenvalue weighted by molar-refractivity contribution is -0.137. The number of aromatic nitrogens is 3. The highest BCUT2D eigenvalue weighted by atomic mass is 19.4. The first-order valence-electron chi connectivity index (χ1n) is 13.2. The molecule has 4 heterocycles. The number of rotatable bonds is 5. The van der Waals surface area contributed by atoms with Gasteiger partial charge in [0.05, 0.1) is 28.5 Å². The Labute approximate surface area is 234 Å². The molecular formula is C30H28F4N6O. The van der Waals surface area contributed by atoms with Gasteiger partial charge in [0.15, 0.2) is 0 Å². The van der Waals surface area contributed by atoms with Crippen molar-refractivity contribution >= 4 is 16.7 Å². The molecule has 0 radical (unpaired) electrons. The van der Waals surface area contributed by atoms with E-state index in [1.54, 1.807) is 31.3 Å². The van der Waals surface area contributed by atoms with Gasteiger partial charge in [-0.3, -0.25) is 14.7 Å². The minimum atomic E-state index is -4.52. The molecule has 1 aliphatic rings. The Balaban J connectivity index is 1.57. The molecule has 1 unspecified atom stereocenters. The summed E-state index contributed by atoms with van der Waals surface area (Å²) >= 11 is 0. The summed E-state index contributed by atoms with van der Waals surface area (Å²) in [6.07, 6.45) is -3.00. The average molecular weight is 565 g/mol. The smallest absolute Gasteiger partial charge is 0.364 e. The summed E-state index contributed by atoms with van der Waals surface area (Å²) in [6, 6.07) is 14.4. The van der Waals surface area contributed by atoms with E-state index in [4.69, 9.17) is 0 Å². The second-order valence-corrected chi connectivity index (χ2v) is 10.3. The van der Waals surface area contributed by atoms with Crippen LogP contribution in [0, 0.1) is 17.1 Å². The summed E-state index contributed by atoms with van der Waals surface area (Å²) in [6.45, 7) is 4.97. The van der Waals surface area contributed by atoms with Gasteiger partial charge in [-0.05, 0) is 55.3 Å². The van der Waals surface area contributed by atoms with Crippen molar-refractivity contribution in [1.82, 2.24) is 19.4 Å². The van der Waals surface area contributed by atoms with Crippen molar-refractivity contribution in [2.24, 2.45) is 7.05 Å². The van der Waals surface area contributed by atoms with Crippen molar-refractivity contribution in [3.8, 4) is 6.07 Å². The third kappa shape index (κ3) is 5.39. The fraction of sp³-hybridized carbons (Fsp3) is 0.333. The minimum absolute atomic E-state index is 0.108. The molecule has 0 amide bonds. The molecule has 1 aliphatic heterocycles. The Kier molecular flexibility index (Phi) is 7.53. The average Bonchev–Trinajstić information content (AvgIpc) is 2.96. The van der Waals surface area contributed by atoms with E-state index in [0.29, 0.717) is 47.5 Å². The van der Waals surface area contributed by atoms with E-state index in [-0.39, 0.29) is 23.3 Å². The minimum Gasteiger partial charge on any atom is -0.364 e. The molecule has 0 aliphatic carbocycles. The summed E-state index contributed by atoms with van der Waals surface area (Å²) in [5, 5.41) is 9.45. The van der Waals surface area contributed by atoms with Gasteiger partial charge < -0.3 is 9.47 Å². The number of benzene rings is 1. The van der Waals surface area contributed by atoms with E-state index in [9.17, 15) is 27.6 Å². The Morgan fingerprint density at radius 1 is 1.10 bits per heavy atom. The van der Waals surface area contributed by atoms with Gasteiger partial charge in [-0.25, -0.2) is 9.37 Å². The zero-order valence-electron chi connectivity index (χ0n) is 22.7. The lowest BCUT2D eigenvalue weighted by Gasteiger charge is -2.49. The van der Waals surface area contributed by atoms with Crippen LogP contribution in [0.25, 0.3) is 11.0 Å². The van der Waals surface area contributed by atoms with E-state index in [2.05, 4.69) is 25.8 Å². The van der Waals surface area contributed by atoms with Crippen LogP contribution in [0.4, 0.5) is 23.2 Å². The third-order valence-corrected chi connectivity index (χ3v) is 7.76. The first-order chi connectivity index (χ1) is 19.5. The van der Waals surface area contributed by atoms with Crippen molar-refractivity contribution < 1.29 is 17.6 Å². The number of piperazine rings is 1. The molecule has 1 aromatic carbocycles. The number of aryl methyl sites for hydroxylation is 1. The number of nitriles is 1. The van der Waals surface area contributed by atoms with E-state index in [1.165, 1.54) is 28.8 Å². The van der Waals surface area contributed by atoms with Crippen molar-refractivity contribution in [1.29, 1.82) is 5.26 Å². The number of alkyl halides is 3. The zero-order chi connectivity index (χ0) is 29.5. The van der Waals surface area contributed by atoms with Crippen molar-refractivity contribution in [3.63, 3.8) is 0 Å². The molecule has 0 saturated carbocycles. The summed E-state index contributed by atoms with van der Waals surface area (Å²) < 4.78 is 55.2. The molecule has 3 atom stereocenters. The number of anilines is 1. The lowest BCUT2D eigenvalue weighted by atomic mass is 9.94. The highest BCUT2D eigenvalue weighted by molar-refractivity contribution is 5.89. The highest BCUT2D eigenvalue weighted by Gasteiger charge is 2.38. The fourth-order valence-corrected chi connectivity index (χ4v) is 5.59. The molecular weight excluding hydrogens is 536 g/mol. The molecule has 1 saturated heterocycles. The lowest BCUT2D eigenvalue weighted by Crippen LogP contribution is -2.58. The first-order valence-corrected chi connectivity index (χ1v) is 13.2. The van der Waals surface area contributed by atoms with Crippen molar-refractivity contribution in [2.45, 2.75) is 44.6 Å². The zero-order valence-corrected chi connectivity index (χ0v) is 22.7. The Hall–Kier alpha value is -4.30. The van der Waals surface area contributed by atoms with Crippen LogP contribution in [0.3, 0.4) is 0 Å². The van der Waals surface area contributed by atoms with Crippen LogP contribution in [0.15, 0.2) is 65.6 Å². The number of fused-ring (bicyclic) bond motifs is 1. The molecule has 0 spiro atoms. The molecule has 7 nitrogen and oxygen atoms in total. The largest absolute Gasteiger partial charge is 0.417 e. The van der Waals surface area contributed by atoms with Crippen LogP contribution in [0.2, 0.25) is 0 Å². The van der Waals surface area contributed by atoms with Gasteiger partial charge >= 0.3 is 6.18 Å². The molecule has 41 heavy (non-hydrogen) atoms. The molecule has 212 valence electrons. The maximum absolute atomic E-state index is 13.9. The third-order valence-electron chi connectivity index (χ3n) is 7.76. The van der Waals surface area contributed by atoms with E-state index < -0.39 is 23.6 Å². The Morgan fingerprint density at radius 2 is 1.83 bits per heavy atom. The second kappa shape index (κ2) is 10.9. The molecule has 4 aromatic rings. The number of hydrogen-bond donors (Lipinski definition) is 0. The predicted octanol–water partition coefficient (Wildman–Crippen LogP) is 5.44. The molecule has 0 bridgehead atoms. The normalized spacial score (nSPS) is 18.8. The first kappa shape index (κ1) is 28.2. The number of nitrogens with zero attached hydrogens (tertiary/aromatic N) is 6. The summed E-state index contributed by atoms with van der Waals surface area (Å²) in [7, 11) is 1.66. The van der Waals surface area contributed by atoms with Crippen LogP contribution in [-0.2, 0) is 13.2 Å². The second-order valence-electron chi connectivity index (χ2n) is 10.3. The van der Waals surface area contributed by atoms with Crippen LogP contribution in [-0.4, -0.2) is 44.6 Å². The number of hydrogen-bond acceptors (Lipinski definition) is 6. The molecule has 5 rings (SSSR count). The van der Waals surface area contributed by atoms with Crippen molar-refractivity contribution in [2.75, 3.05) is 18.0 Å². The fourth-order valence-electron chi connectivity index (χ4n) is 5.59. The van der Waals surface area contributed by atoms with Gasteiger partial charge in [-0.2, -0.15) is 18.4 Å². The number of halogens is 4. The van der Waals surface area contributed by atoms with Gasteiger partial charge in [0.2, 0.25) is 0 Å². The summed E-state index contributed by atoms with van der Waals surface area (Å²) in [4.78, 5) is 25.9. The van der Waals surface area contributed by atoms with E-state index >= 15 is 0 Å². The predicted molar refractivity (Wildman–Crippen MR) is 147 cm³/mol. The van der Waals surface area contributed by atoms with Gasteiger partial charge in [0.25, 0.3) is 5.56 Å². The van der Waals surface area contributed by atoms with Gasteiger partial charge in [0.1, 0.15) is 23.1 Å². The van der Waals surface area contributed by atoms with Gasteiger partial charge in [0, 0.05) is 44.5 Å². The maximum Gasteiger partial charge on any atom is 0.417 e. The highest BCUT2D eigenvalue weighted by Crippen LogP contribution is 2.37.